The first-order valence-electron chi connectivity index (χ1n) is 9.23. The molecule has 4 nitrogen and oxygen atoms in total. The van der Waals surface area contributed by atoms with Crippen LogP contribution in [-0.4, -0.2) is 16.9 Å². The predicted octanol–water partition coefficient (Wildman–Crippen LogP) is 5.33. The number of carbonyl (C=O) groups excluding carboxylic acids is 1. The van der Waals surface area contributed by atoms with Gasteiger partial charge in [0.1, 0.15) is 6.04 Å². The zero-order chi connectivity index (χ0) is 19.3. The van der Waals surface area contributed by atoms with E-state index in [1.54, 1.807) is 11.3 Å². The topological polar surface area (TPSA) is 54.0 Å². The molecule has 0 bridgehead atoms. The third-order valence-corrected chi connectivity index (χ3v) is 5.50. The Labute approximate surface area is 168 Å². The zero-order valence-corrected chi connectivity index (χ0v) is 16.4. The lowest BCUT2D eigenvalue weighted by atomic mass is 10.1. The fourth-order valence-corrected chi connectivity index (χ4v) is 3.98. The van der Waals surface area contributed by atoms with E-state index in [0.717, 1.165) is 28.3 Å². The van der Waals surface area contributed by atoms with Crippen molar-refractivity contribution in [2.75, 3.05) is 10.6 Å². The number of thiazole rings is 1. The molecule has 1 atom stereocenters. The lowest BCUT2D eigenvalue weighted by Gasteiger charge is -2.15. The van der Waals surface area contributed by atoms with Gasteiger partial charge in [-0.1, -0.05) is 42.5 Å². The number of fused-ring (bicyclic) bond motifs is 1. The lowest BCUT2D eigenvalue weighted by molar-refractivity contribution is -0.116. The highest BCUT2D eigenvalue weighted by atomic mass is 32.1. The van der Waals surface area contributed by atoms with Gasteiger partial charge in [0.25, 0.3) is 0 Å². The van der Waals surface area contributed by atoms with E-state index >= 15 is 0 Å². The molecule has 4 rings (SSSR count). The fourth-order valence-electron chi connectivity index (χ4n) is 2.98. The number of hydrogen-bond acceptors (Lipinski definition) is 4. The van der Waals surface area contributed by atoms with Gasteiger partial charge in [-0.05, 0) is 48.9 Å². The molecule has 0 saturated carbocycles. The van der Waals surface area contributed by atoms with Gasteiger partial charge in [0, 0.05) is 17.8 Å². The molecular weight excluding hydrogens is 366 g/mol. The summed E-state index contributed by atoms with van der Waals surface area (Å²) in [4.78, 5) is 17.0. The maximum Gasteiger partial charge on any atom is 0.246 e. The van der Waals surface area contributed by atoms with E-state index in [4.69, 9.17) is 4.98 Å². The smallest absolute Gasteiger partial charge is 0.246 e. The molecule has 0 radical (unpaired) electrons. The standard InChI is InChI=1S/C23H21N3OS/c1-16(23(27)25-18-7-3-2-4-8-18)24-19-13-11-17(12-14-19)15-22-26-20-9-5-6-10-21(20)28-22/h2-14,16,24H,15H2,1H3,(H,25,27)/t16-/m0/s1. The van der Waals surface area contributed by atoms with E-state index in [-0.39, 0.29) is 11.9 Å². The van der Waals surface area contributed by atoms with Crippen molar-refractivity contribution in [3.05, 3.63) is 89.4 Å². The van der Waals surface area contributed by atoms with Crippen molar-refractivity contribution < 1.29 is 4.79 Å². The summed E-state index contributed by atoms with van der Waals surface area (Å²) in [6.45, 7) is 1.85. The second-order valence-corrected chi connectivity index (χ2v) is 7.79. The second kappa shape index (κ2) is 8.23. The van der Waals surface area contributed by atoms with Gasteiger partial charge >= 0.3 is 0 Å². The molecule has 0 fully saturated rings. The molecule has 5 heteroatoms. The Kier molecular flexibility index (Phi) is 5.35. The summed E-state index contributed by atoms with van der Waals surface area (Å²) in [7, 11) is 0. The van der Waals surface area contributed by atoms with Crippen LogP contribution in [0.5, 0.6) is 0 Å². The van der Waals surface area contributed by atoms with Crippen LogP contribution in [0.25, 0.3) is 10.2 Å². The van der Waals surface area contributed by atoms with Crippen LogP contribution in [0.2, 0.25) is 0 Å². The summed E-state index contributed by atoms with van der Waals surface area (Å²) in [5.74, 6) is -0.0650. The van der Waals surface area contributed by atoms with Crippen LogP contribution in [-0.2, 0) is 11.2 Å². The third-order valence-electron chi connectivity index (χ3n) is 4.47. The van der Waals surface area contributed by atoms with Crippen molar-refractivity contribution >= 4 is 38.8 Å². The molecule has 4 aromatic rings. The molecule has 0 unspecified atom stereocenters. The van der Waals surface area contributed by atoms with Crippen molar-refractivity contribution in [2.45, 2.75) is 19.4 Å². The number of nitrogens with one attached hydrogen (secondary N) is 2. The van der Waals surface area contributed by atoms with Gasteiger partial charge in [-0.2, -0.15) is 0 Å². The number of nitrogens with zero attached hydrogens (tertiary/aromatic N) is 1. The van der Waals surface area contributed by atoms with E-state index in [1.165, 1.54) is 10.3 Å². The SMILES string of the molecule is C[C@H](Nc1ccc(Cc2nc3ccccc3s2)cc1)C(=O)Nc1ccccc1. The highest BCUT2D eigenvalue weighted by Crippen LogP contribution is 2.24. The van der Waals surface area contributed by atoms with E-state index < -0.39 is 0 Å². The summed E-state index contributed by atoms with van der Waals surface area (Å²) in [6.07, 6.45) is 0.809. The van der Waals surface area contributed by atoms with Crippen molar-refractivity contribution in [3.63, 3.8) is 0 Å². The van der Waals surface area contributed by atoms with Crippen molar-refractivity contribution in [1.29, 1.82) is 0 Å². The fraction of sp³-hybridized carbons (Fsp3) is 0.130. The molecular formula is C23H21N3OS. The van der Waals surface area contributed by atoms with Gasteiger partial charge in [0.05, 0.1) is 15.2 Å². The maximum absolute atomic E-state index is 12.3. The van der Waals surface area contributed by atoms with Crippen LogP contribution in [0.1, 0.15) is 17.5 Å². The summed E-state index contributed by atoms with van der Waals surface area (Å²) < 4.78 is 1.22. The summed E-state index contributed by atoms with van der Waals surface area (Å²) in [5.41, 5.74) is 3.97. The van der Waals surface area contributed by atoms with Crippen molar-refractivity contribution in [3.8, 4) is 0 Å². The Hall–Kier alpha value is -3.18. The third kappa shape index (κ3) is 4.38. The Bertz CT molecular complexity index is 1040. The largest absolute Gasteiger partial charge is 0.374 e. The van der Waals surface area contributed by atoms with Crippen molar-refractivity contribution in [1.82, 2.24) is 4.98 Å². The number of rotatable bonds is 6. The van der Waals surface area contributed by atoms with Crippen LogP contribution >= 0.6 is 11.3 Å². The molecule has 0 saturated heterocycles. The minimum atomic E-state index is -0.338. The van der Waals surface area contributed by atoms with E-state index in [0.29, 0.717) is 0 Å². The van der Waals surface area contributed by atoms with Gasteiger partial charge in [0.2, 0.25) is 5.91 Å². The monoisotopic (exact) mass is 387 g/mol. The Balaban J connectivity index is 1.36. The molecule has 0 aliphatic heterocycles. The van der Waals surface area contributed by atoms with Crippen molar-refractivity contribution in [2.24, 2.45) is 0 Å². The molecule has 0 aliphatic carbocycles. The number of amides is 1. The molecule has 28 heavy (non-hydrogen) atoms. The average molecular weight is 388 g/mol. The number of aromatic nitrogens is 1. The second-order valence-electron chi connectivity index (χ2n) is 6.67. The van der Waals surface area contributed by atoms with Crippen LogP contribution < -0.4 is 10.6 Å². The first-order chi connectivity index (χ1) is 13.7. The van der Waals surface area contributed by atoms with Gasteiger partial charge < -0.3 is 10.6 Å². The van der Waals surface area contributed by atoms with E-state index in [9.17, 15) is 4.79 Å². The molecule has 0 aliphatic rings. The van der Waals surface area contributed by atoms with Gasteiger partial charge in [-0.25, -0.2) is 4.98 Å². The molecule has 1 amide bonds. The molecule has 1 aromatic heterocycles. The average Bonchev–Trinajstić information content (AvgIpc) is 3.12. The first-order valence-corrected chi connectivity index (χ1v) is 10.0. The molecule has 0 spiro atoms. The van der Waals surface area contributed by atoms with Crippen LogP contribution in [0.4, 0.5) is 11.4 Å². The summed E-state index contributed by atoms with van der Waals surface area (Å²) in [6, 6.07) is 25.5. The maximum atomic E-state index is 12.3. The quantitative estimate of drug-likeness (QED) is 0.470. The van der Waals surface area contributed by atoms with Gasteiger partial charge in [-0.3, -0.25) is 4.79 Å². The summed E-state index contributed by atoms with van der Waals surface area (Å²) >= 11 is 1.73. The number of benzene rings is 3. The van der Waals surface area contributed by atoms with Gasteiger partial charge in [0.15, 0.2) is 0 Å². The normalized spacial score (nSPS) is 11.9. The number of para-hydroxylation sites is 2. The molecule has 1 heterocycles. The molecule has 3 aromatic carbocycles. The number of hydrogen-bond donors (Lipinski definition) is 2. The van der Waals surface area contributed by atoms with E-state index in [1.807, 2.05) is 67.6 Å². The Morgan fingerprint density at radius 2 is 1.64 bits per heavy atom. The van der Waals surface area contributed by atoms with Crippen LogP contribution in [0, 0.1) is 0 Å². The highest BCUT2D eigenvalue weighted by Gasteiger charge is 2.13. The number of carbonyl (C=O) groups is 1. The molecule has 2 N–H and O–H groups in total. The molecule has 140 valence electrons. The minimum Gasteiger partial charge on any atom is -0.374 e. The summed E-state index contributed by atoms with van der Waals surface area (Å²) in [5, 5.41) is 7.27. The Morgan fingerprint density at radius 1 is 0.929 bits per heavy atom. The van der Waals surface area contributed by atoms with Crippen LogP contribution in [0.3, 0.4) is 0 Å². The lowest BCUT2D eigenvalue weighted by Crippen LogP contribution is -2.31. The van der Waals surface area contributed by atoms with Crippen LogP contribution in [0.15, 0.2) is 78.9 Å². The van der Waals surface area contributed by atoms with E-state index in [2.05, 4.69) is 28.8 Å². The number of anilines is 2. The Morgan fingerprint density at radius 3 is 2.39 bits per heavy atom. The van der Waals surface area contributed by atoms with Gasteiger partial charge in [-0.15, -0.1) is 11.3 Å². The first kappa shape index (κ1) is 18.2. The highest BCUT2D eigenvalue weighted by molar-refractivity contribution is 7.18. The predicted molar refractivity (Wildman–Crippen MR) is 117 cm³/mol. The zero-order valence-electron chi connectivity index (χ0n) is 15.6. The minimum absolute atomic E-state index is 0.0650.